The van der Waals surface area contributed by atoms with Crippen molar-refractivity contribution < 1.29 is 9.50 Å². The highest BCUT2D eigenvalue weighted by atomic mass is 19.1. The summed E-state index contributed by atoms with van der Waals surface area (Å²) < 4.78 is 13.5. The minimum atomic E-state index is -0.716. The normalized spacial score (nSPS) is 14.6. The highest BCUT2D eigenvalue weighted by Gasteiger charge is 2.14. The second-order valence-corrected chi connectivity index (χ2v) is 5.23. The molecule has 1 rings (SSSR count). The fraction of sp³-hybridized carbons (Fsp3) is 0.625. The van der Waals surface area contributed by atoms with Gasteiger partial charge in [-0.15, -0.1) is 0 Å². The van der Waals surface area contributed by atoms with Gasteiger partial charge in [-0.2, -0.15) is 0 Å². The van der Waals surface area contributed by atoms with Gasteiger partial charge in [0.05, 0.1) is 6.10 Å². The summed E-state index contributed by atoms with van der Waals surface area (Å²) in [5, 5.41) is 10.1. The topological polar surface area (TPSA) is 23.5 Å². The third-order valence-electron chi connectivity index (χ3n) is 3.70. The maximum absolute atomic E-state index is 13.5. The summed E-state index contributed by atoms with van der Waals surface area (Å²) in [6.45, 7) is 9.35. The fourth-order valence-electron chi connectivity index (χ4n) is 2.15. The highest BCUT2D eigenvalue weighted by molar-refractivity contribution is 5.19. The van der Waals surface area contributed by atoms with Gasteiger partial charge in [0.1, 0.15) is 5.82 Å². The van der Waals surface area contributed by atoms with E-state index >= 15 is 0 Å². The minimum absolute atomic E-state index is 0.319. The Morgan fingerprint density at radius 1 is 1.26 bits per heavy atom. The van der Waals surface area contributed by atoms with Gasteiger partial charge < -0.3 is 10.0 Å². The van der Waals surface area contributed by atoms with Crippen LogP contribution in [0.15, 0.2) is 24.3 Å². The Bertz CT molecular complexity index is 370. The van der Waals surface area contributed by atoms with Gasteiger partial charge in [-0.05, 0) is 24.9 Å². The first-order valence-corrected chi connectivity index (χ1v) is 7.23. The van der Waals surface area contributed by atoms with E-state index in [4.69, 9.17) is 0 Å². The van der Waals surface area contributed by atoms with E-state index < -0.39 is 6.10 Å². The lowest BCUT2D eigenvalue weighted by Gasteiger charge is -2.25. The molecule has 0 radical (unpaired) electrons. The van der Waals surface area contributed by atoms with Gasteiger partial charge >= 0.3 is 0 Å². The van der Waals surface area contributed by atoms with Crippen LogP contribution in [-0.4, -0.2) is 29.6 Å². The van der Waals surface area contributed by atoms with Crippen molar-refractivity contribution in [2.24, 2.45) is 5.92 Å². The molecule has 1 N–H and O–H groups in total. The van der Waals surface area contributed by atoms with Gasteiger partial charge in [0.15, 0.2) is 0 Å². The zero-order valence-corrected chi connectivity index (χ0v) is 12.3. The third kappa shape index (κ3) is 5.29. The van der Waals surface area contributed by atoms with Crippen molar-refractivity contribution in [3.63, 3.8) is 0 Å². The third-order valence-corrected chi connectivity index (χ3v) is 3.70. The Morgan fingerprint density at radius 2 is 1.95 bits per heavy atom. The van der Waals surface area contributed by atoms with E-state index in [0.717, 1.165) is 26.1 Å². The van der Waals surface area contributed by atoms with Crippen molar-refractivity contribution in [1.29, 1.82) is 0 Å². The average molecular weight is 267 g/mol. The summed E-state index contributed by atoms with van der Waals surface area (Å²) in [7, 11) is 0. The first-order valence-electron chi connectivity index (χ1n) is 7.23. The van der Waals surface area contributed by atoms with Gasteiger partial charge in [-0.25, -0.2) is 4.39 Å². The smallest absolute Gasteiger partial charge is 0.128 e. The van der Waals surface area contributed by atoms with Crippen LogP contribution in [0.2, 0.25) is 0 Å². The van der Waals surface area contributed by atoms with Crippen LogP contribution in [0.1, 0.15) is 45.3 Å². The van der Waals surface area contributed by atoms with E-state index in [1.165, 1.54) is 6.07 Å². The largest absolute Gasteiger partial charge is 0.388 e. The number of hydrogen-bond acceptors (Lipinski definition) is 2. The van der Waals surface area contributed by atoms with Crippen molar-refractivity contribution in [2.75, 3.05) is 19.6 Å². The molecule has 2 unspecified atom stereocenters. The lowest BCUT2D eigenvalue weighted by Crippen LogP contribution is -2.30. The summed E-state index contributed by atoms with van der Waals surface area (Å²) in [4.78, 5) is 2.32. The molecule has 0 spiro atoms. The van der Waals surface area contributed by atoms with Gasteiger partial charge in [0.2, 0.25) is 0 Å². The Morgan fingerprint density at radius 3 is 2.53 bits per heavy atom. The van der Waals surface area contributed by atoms with Gasteiger partial charge in [-0.1, -0.05) is 45.4 Å². The zero-order valence-electron chi connectivity index (χ0n) is 12.3. The first-order chi connectivity index (χ1) is 9.08. The molecule has 0 aliphatic heterocycles. The molecule has 0 bridgehead atoms. The average Bonchev–Trinajstić information content (AvgIpc) is 2.43. The molecule has 0 saturated heterocycles. The molecule has 0 aromatic heterocycles. The van der Waals surface area contributed by atoms with Crippen molar-refractivity contribution in [3.8, 4) is 0 Å². The molecule has 2 nitrogen and oxygen atoms in total. The van der Waals surface area contributed by atoms with Crippen molar-refractivity contribution >= 4 is 0 Å². The molecule has 0 heterocycles. The molecule has 0 aliphatic carbocycles. The minimum Gasteiger partial charge on any atom is -0.388 e. The molecule has 1 aromatic rings. The second-order valence-electron chi connectivity index (χ2n) is 5.23. The monoisotopic (exact) mass is 267 g/mol. The predicted octanol–water partition coefficient (Wildman–Crippen LogP) is 3.62. The predicted molar refractivity (Wildman–Crippen MR) is 77.5 cm³/mol. The van der Waals surface area contributed by atoms with Crippen LogP contribution < -0.4 is 0 Å². The molecule has 3 heteroatoms. The van der Waals surface area contributed by atoms with Gasteiger partial charge in [0.25, 0.3) is 0 Å². The van der Waals surface area contributed by atoms with Crippen LogP contribution in [0, 0.1) is 11.7 Å². The Balaban J connectivity index is 2.48. The quantitative estimate of drug-likeness (QED) is 0.777. The summed E-state index contributed by atoms with van der Waals surface area (Å²) >= 11 is 0. The molecule has 0 aliphatic rings. The van der Waals surface area contributed by atoms with Crippen LogP contribution in [0.5, 0.6) is 0 Å². The van der Waals surface area contributed by atoms with Crippen LogP contribution in [0.3, 0.4) is 0 Å². The zero-order chi connectivity index (χ0) is 14.3. The van der Waals surface area contributed by atoms with Crippen LogP contribution in [-0.2, 0) is 0 Å². The van der Waals surface area contributed by atoms with Gasteiger partial charge in [-0.3, -0.25) is 0 Å². The molecule has 1 aromatic carbocycles. The van der Waals surface area contributed by atoms with Crippen LogP contribution in [0.25, 0.3) is 0 Å². The highest BCUT2D eigenvalue weighted by Crippen LogP contribution is 2.20. The number of halogens is 1. The van der Waals surface area contributed by atoms with E-state index in [0.29, 0.717) is 17.9 Å². The SMILES string of the molecule is CCC(C)CN(CC)CCC(O)c1ccccc1F. The number of aliphatic hydroxyl groups excluding tert-OH is 1. The molecular weight excluding hydrogens is 241 g/mol. The number of benzene rings is 1. The number of aliphatic hydroxyl groups is 1. The molecule has 19 heavy (non-hydrogen) atoms. The summed E-state index contributed by atoms with van der Waals surface area (Å²) in [6.07, 6.45) is 1.02. The fourth-order valence-corrected chi connectivity index (χ4v) is 2.15. The first kappa shape index (κ1) is 16.1. The molecule has 0 fully saturated rings. The standard InChI is InChI=1S/C16H26FNO/c1-4-13(3)12-18(5-2)11-10-16(19)14-8-6-7-9-15(14)17/h6-9,13,16,19H,4-5,10-12H2,1-3H3. The Labute approximate surface area is 116 Å². The number of nitrogens with zero attached hydrogens (tertiary/aromatic N) is 1. The summed E-state index contributed by atoms with van der Waals surface area (Å²) in [5.74, 6) is 0.338. The number of hydrogen-bond donors (Lipinski definition) is 1. The molecule has 0 saturated carbocycles. The van der Waals surface area contributed by atoms with Crippen molar-refractivity contribution in [2.45, 2.75) is 39.7 Å². The lowest BCUT2D eigenvalue weighted by atomic mass is 10.0. The van der Waals surface area contributed by atoms with E-state index in [1.54, 1.807) is 18.2 Å². The summed E-state index contributed by atoms with van der Waals surface area (Å²) in [6, 6.07) is 6.46. The Kier molecular flexibility index (Phi) is 7.03. The van der Waals surface area contributed by atoms with E-state index in [9.17, 15) is 9.50 Å². The Hall–Kier alpha value is -0.930. The van der Waals surface area contributed by atoms with Crippen LogP contribution >= 0.6 is 0 Å². The van der Waals surface area contributed by atoms with E-state index in [2.05, 4.69) is 25.7 Å². The van der Waals surface area contributed by atoms with Gasteiger partial charge in [0, 0.05) is 18.7 Å². The number of rotatable bonds is 8. The second kappa shape index (κ2) is 8.28. The van der Waals surface area contributed by atoms with Crippen LogP contribution in [0.4, 0.5) is 4.39 Å². The van der Waals surface area contributed by atoms with Crippen molar-refractivity contribution in [3.05, 3.63) is 35.6 Å². The maximum Gasteiger partial charge on any atom is 0.128 e. The van der Waals surface area contributed by atoms with E-state index in [-0.39, 0.29) is 5.82 Å². The maximum atomic E-state index is 13.5. The molecule has 108 valence electrons. The van der Waals surface area contributed by atoms with Crippen molar-refractivity contribution in [1.82, 2.24) is 4.90 Å². The molecule has 2 atom stereocenters. The lowest BCUT2D eigenvalue weighted by molar-refractivity contribution is 0.134. The molecular formula is C16H26FNO. The molecule has 0 amide bonds. The summed E-state index contributed by atoms with van der Waals surface area (Å²) in [5.41, 5.74) is 0.405. The van der Waals surface area contributed by atoms with E-state index in [1.807, 2.05) is 0 Å².